The molecule has 0 heterocycles. The molecule has 0 aliphatic rings. The van der Waals surface area contributed by atoms with E-state index in [4.69, 9.17) is 9.88 Å². The summed E-state index contributed by atoms with van der Waals surface area (Å²) in [6, 6.07) is 12.8. The van der Waals surface area contributed by atoms with Gasteiger partial charge in [0, 0.05) is 12.1 Å². The van der Waals surface area contributed by atoms with Crippen molar-refractivity contribution in [1.82, 2.24) is 5.32 Å². The minimum absolute atomic E-state index is 0.0374. The summed E-state index contributed by atoms with van der Waals surface area (Å²) in [5.41, 5.74) is 1.25. The number of ether oxygens (including phenoxy) is 1. The van der Waals surface area contributed by atoms with Gasteiger partial charge in [-0.1, -0.05) is 18.2 Å². The van der Waals surface area contributed by atoms with Gasteiger partial charge in [-0.25, -0.2) is 13.6 Å². The second-order valence-electron chi connectivity index (χ2n) is 4.60. The van der Waals surface area contributed by atoms with E-state index in [1.54, 1.807) is 36.4 Å². The third-order valence-electron chi connectivity index (χ3n) is 3.04. The summed E-state index contributed by atoms with van der Waals surface area (Å²) in [4.78, 5) is 12.1. The third kappa shape index (κ3) is 4.06. The first-order valence-corrected chi connectivity index (χ1v) is 7.99. The summed E-state index contributed by atoms with van der Waals surface area (Å²) in [7, 11) is -2.17. The quantitative estimate of drug-likeness (QED) is 0.866. The Bertz CT molecular complexity index is 770. The zero-order chi connectivity index (χ0) is 16.2. The molecule has 116 valence electrons. The molecule has 6 nitrogen and oxygen atoms in total. The van der Waals surface area contributed by atoms with E-state index in [2.05, 4.69) is 5.32 Å². The molecule has 0 aliphatic heterocycles. The van der Waals surface area contributed by atoms with Gasteiger partial charge < -0.3 is 10.1 Å². The van der Waals surface area contributed by atoms with Crippen LogP contribution in [0.2, 0.25) is 0 Å². The second-order valence-corrected chi connectivity index (χ2v) is 6.17. The molecule has 2 aromatic rings. The summed E-state index contributed by atoms with van der Waals surface area (Å²) in [6.07, 6.45) is 0. The van der Waals surface area contributed by atoms with Crippen LogP contribution in [0, 0.1) is 0 Å². The van der Waals surface area contributed by atoms with E-state index in [0.29, 0.717) is 11.3 Å². The van der Waals surface area contributed by atoms with Crippen LogP contribution in [0.1, 0.15) is 15.9 Å². The Labute approximate surface area is 129 Å². The topological polar surface area (TPSA) is 98.5 Å². The van der Waals surface area contributed by atoms with Crippen molar-refractivity contribution in [1.29, 1.82) is 0 Å². The maximum Gasteiger partial charge on any atom is 0.251 e. The van der Waals surface area contributed by atoms with Crippen molar-refractivity contribution < 1.29 is 17.9 Å². The predicted octanol–water partition coefficient (Wildman–Crippen LogP) is 1.27. The molecule has 7 heteroatoms. The van der Waals surface area contributed by atoms with Crippen LogP contribution in [0.4, 0.5) is 0 Å². The van der Waals surface area contributed by atoms with Crippen LogP contribution in [-0.4, -0.2) is 21.4 Å². The van der Waals surface area contributed by atoms with E-state index in [-0.39, 0.29) is 17.3 Å². The van der Waals surface area contributed by atoms with Gasteiger partial charge in [0.2, 0.25) is 10.0 Å². The number of methoxy groups -OCH3 is 1. The number of nitrogens with two attached hydrogens (primary N) is 1. The van der Waals surface area contributed by atoms with Crippen LogP contribution in [0.25, 0.3) is 0 Å². The van der Waals surface area contributed by atoms with Crippen molar-refractivity contribution in [3.8, 4) is 5.75 Å². The van der Waals surface area contributed by atoms with Gasteiger partial charge in [0.15, 0.2) is 0 Å². The number of carbonyl (C=O) groups is 1. The molecule has 0 bridgehead atoms. The van der Waals surface area contributed by atoms with Crippen molar-refractivity contribution >= 4 is 15.9 Å². The normalized spacial score (nSPS) is 11.0. The first-order valence-electron chi connectivity index (χ1n) is 6.44. The molecular weight excluding hydrogens is 304 g/mol. The Balaban J connectivity index is 2.02. The van der Waals surface area contributed by atoms with Gasteiger partial charge in [-0.3, -0.25) is 4.79 Å². The lowest BCUT2D eigenvalue weighted by Crippen LogP contribution is -2.22. The van der Waals surface area contributed by atoms with Crippen molar-refractivity contribution in [2.45, 2.75) is 11.4 Å². The van der Waals surface area contributed by atoms with E-state index in [9.17, 15) is 13.2 Å². The van der Waals surface area contributed by atoms with Gasteiger partial charge in [0.05, 0.1) is 12.0 Å². The highest BCUT2D eigenvalue weighted by Gasteiger charge is 2.08. The molecule has 0 unspecified atom stereocenters. The summed E-state index contributed by atoms with van der Waals surface area (Å²) in [5, 5.41) is 7.77. The van der Waals surface area contributed by atoms with E-state index < -0.39 is 10.0 Å². The molecule has 2 aromatic carbocycles. The molecule has 0 atom stereocenters. The van der Waals surface area contributed by atoms with Crippen LogP contribution in [-0.2, 0) is 16.6 Å². The van der Waals surface area contributed by atoms with Crippen molar-refractivity contribution in [3.63, 3.8) is 0 Å². The van der Waals surface area contributed by atoms with E-state index in [0.717, 1.165) is 5.56 Å². The Morgan fingerprint density at radius 3 is 2.45 bits per heavy atom. The highest BCUT2D eigenvalue weighted by atomic mass is 32.2. The van der Waals surface area contributed by atoms with E-state index in [1.165, 1.54) is 19.2 Å². The molecule has 0 fully saturated rings. The Hall–Kier alpha value is -2.38. The fourth-order valence-corrected chi connectivity index (χ4v) is 2.36. The van der Waals surface area contributed by atoms with Crippen LogP contribution in [0.5, 0.6) is 5.75 Å². The van der Waals surface area contributed by atoms with Gasteiger partial charge in [-0.2, -0.15) is 0 Å². The molecule has 1 amide bonds. The van der Waals surface area contributed by atoms with Gasteiger partial charge in [-0.15, -0.1) is 0 Å². The Kier molecular flexibility index (Phi) is 4.79. The molecule has 0 aromatic heterocycles. The number of sulfonamides is 1. The number of hydrogen-bond acceptors (Lipinski definition) is 4. The van der Waals surface area contributed by atoms with Gasteiger partial charge in [0.25, 0.3) is 5.91 Å². The number of carbonyl (C=O) groups excluding carboxylic acids is 1. The lowest BCUT2D eigenvalue weighted by atomic mass is 10.2. The lowest BCUT2D eigenvalue weighted by Gasteiger charge is -2.07. The average molecular weight is 320 g/mol. The zero-order valence-electron chi connectivity index (χ0n) is 11.9. The van der Waals surface area contributed by atoms with Gasteiger partial charge >= 0.3 is 0 Å². The number of nitrogens with one attached hydrogen (secondary N) is 1. The number of rotatable bonds is 5. The summed E-state index contributed by atoms with van der Waals surface area (Å²) in [5.74, 6) is 0.361. The summed E-state index contributed by atoms with van der Waals surface area (Å²) < 4.78 is 27.4. The van der Waals surface area contributed by atoms with E-state index in [1.807, 2.05) is 0 Å². The maximum absolute atomic E-state index is 12.0. The molecule has 0 saturated carbocycles. The molecule has 0 saturated heterocycles. The lowest BCUT2D eigenvalue weighted by molar-refractivity contribution is 0.0950. The zero-order valence-corrected chi connectivity index (χ0v) is 12.8. The monoisotopic (exact) mass is 320 g/mol. The minimum atomic E-state index is -3.70. The molecule has 0 aliphatic carbocycles. The molecule has 22 heavy (non-hydrogen) atoms. The number of benzene rings is 2. The molecular formula is C15H16N2O4S. The van der Waals surface area contributed by atoms with Gasteiger partial charge in [0.1, 0.15) is 5.75 Å². The molecule has 0 spiro atoms. The van der Waals surface area contributed by atoms with Gasteiger partial charge in [-0.05, 0) is 35.9 Å². The van der Waals surface area contributed by atoms with E-state index >= 15 is 0 Å². The van der Waals surface area contributed by atoms with Crippen LogP contribution in [0.3, 0.4) is 0 Å². The first-order chi connectivity index (χ1) is 10.4. The van der Waals surface area contributed by atoms with Crippen LogP contribution in [0.15, 0.2) is 53.4 Å². The highest BCUT2D eigenvalue weighted by Crippen LogP contribution is 2.13. The standard InChI is InChI=1S/C15H16N2O4S/c1-21-13-4-2-3-12(9-13)15(18)17-10-11-5-7-14(8-6-11)22(16,19)20/h2-9H,10H2,1H3,(H,17,18)(H2,16,19,20). The molecule has 3 N–H and O–H groups in total. The highest BCUT2D eigenvalue weighted by molar-refractivity contribution is 7.89. The molecule has 2 rings (SSSR count). The Morgan fingerprint density at radius 1 is 1.18 bits per heavy atom. The average Bonchev–Trinajstić information content (AvgIpc) is 2.52. The number of hydrogen-bond donors (Lipinski definition) is 2. The summed E-state index contributed by atoms with van der Waals surface area (Å²) in [6.45, 7) is 0.279. The Morgan fingerprint density at radius 2 is 1.86 bits per heavy atom. The van der Waals surface area contributed by atoms with Crippen molar-refractivity contribution in [3.05, 3.63) is 59.7 Å². The fraction of sp³-hybridized carbons (Fsp3) is 0.133. The van der Waals surface area contributed by atoms with Crippen LogP contribution >= 0.6 is 0 Å². The minimum Gasteiger partial charge on any atom is -0.497 e. The predicted molar refractivity (Wildman–Crippen MR) is 82.0 cm³/mol. The summed E-state index contributed by atoms with van der Waals surface area (Å²) >= 11 is 0. The third-order valence-corrected chi connectivity index (χ3v) is 3.97. The number of amides is 1. The fourth-order valence-electron chi connectivity index (χ4n) is 1.85. The molecule has 0 radical (unpaired) electrons. The van der Waals surface area contributed by atoms with Crippen LogP contribution < -0.4 is 15.2 Å². The van der Waals surface area contributed by atoms with Crippen molar-refractivity contribution in [2.24, 2.45) is 5.14 Å². The SMILES string of the molecule is COc1cccc(C(=O)NCc2ccc(S(N)(=O)=O)cc2)c1. The first kappa shape index (κ1) is 16.0. The van der Waals surface area contributed by atoms with Crippen molar-refractivity contribution in [2.75, 3.05) is 7.11 Å². The number of primary sulfonamides is 1. The maximum atomic E-state index is 12.0. The smallest absolute Gasteiger partial charge is 0.251 e. The second kappa shape index (κ2) is 6.59. The largest absolute Gasteiger partial charge is 0.497 e.